The fourth-order valence-corrected chi connectivity index (χ4v) is 4.21. The third-order valence-electron chi connectivity index (χ3n) is 4.34. The largest absolute Gasteiger partial charge is 0.495 e. The summed E-state index contributed by atoms with van der Waals surface area (Å²) in [4.78, 5) is 12.7. The molecule has 0 aromatic heterocycles. The van der Waals surface area contributed by atoms with Crippen molar-refractivity contribution in [3.63, 3.8) is 0 Å². The maximum Gasteiger partial charge on any atom is 0.264 e. The van der Waals surface area contributed by atoms with Gasteiger partial charge in [0.15, 0.2) is 0 Å². The monoisotopic (exact) mass is 434 g/mol. The van der Waals surface area contributed by atoms with Crippen molar-refractivity contribution in [2.75, 3.05) is 31.1 Å². The SMILES string of the molecule is COc1ccccc1N(CC(=O)NCCCOC(C)C)S(=O)(=O)c1ccc(C)cc1. The van der Waals surface area contributed by atoms with Crippen molar-refractivity contribution in [2.24, 2.45) is 0 Å². The number of carbonyl (C=O) groups is 1. The Balaban J connectivity index is 2.24. The van der Waals surface area contributed by atoms with E-state index in [0.717, 1.165) is 9.87 Å². The summed E-state index contributed by atoms with van der Waals surface area (Å²) in [6.45, 7) is 6.33. The van der Waals surface area contributed by atoms with Crippen LogP contribution in [0, 0.1) is 6.92 Å². The van der Waals surface area contributed by atoms with E-state index in [9.17, 15) is 13.2 Å². The molecule has 0 bridgehead atoms. The zero-order valence-electron chi connectivity index (χ0n) is 17.9. The highest BCUT2D eigenvalue weighted by molar-refractivity contribution is 7.92. The summed E-state index contributed by atoms with van der Waals surface area (Å²) in [5, 5.41) is 2.76. The lowest BCUT2D eigenvalue weighted by Gasteiger charge is -2.25. The minimum atomic E-state index is -3.98. The first-order chi connectivity index (χ1) is 14.3. The molecule has 164 valence electrons. The molecule has 2 aromatic carbocycles. The Labute approximate surface area is 179 Å². The minimum Gasteiger partial charge on any atom is -0.495 e. The number of rotatable bonds is 11. The molecule has 0 radical (unpaired) electrons. The molecule has 7 nitrogen and oxygen atoms in total. The van der Waals surface area contributed by atoms with Gasteiger partial charge in [0.25, 0.3) is 10.0 Å². The maximum absolute atomic E-state index is 13.4. The molecular weight excluding hydrogens is 404 g/mol. The number of nitrogens with zero attached hydrogens (tertiary/aromatic N) is 1. The fraction of sp³-hybridized carbons (Fsp3) is 0.409. The summed E-state index contributed by atoms with van der Waals surface area (Å²) in [5.74, 6) is -0.0348. The van der Waals surface area contributed by atoms with Crippen molar-refractivity contribution < 1.29 is 22.7 Å². The van der Waals surface area contributed by atoms with Gasteiger partial charge in [0.2, 0.25) is 5.91 Å². The third kappa shape index (κ3) is 6.47. The lowest BCUT2D eigenvalue weighted by atomic mass is 10.2. The van der Waals surface area contributed by atoms with E-state index in [1.54, 1.807) is 36.4 Å². The van der Waals surface area contributed by atoms with Gasteiger partial charge in [0, 0.05) is 13.2 Å². The van der Waals surface area contributed by atoms with E-state index in [-0.39, 0.29) is 17.5 Å². The Hall–Kier alpha value is -2.58. The first-order valence-electron chi connectivity index (χ1n) is 9.86. The Morgan fingerprint density at radius 1 is 1.10 bits per heavy atom. The van der Waals surface area contributed by atoms with E-state index >= 15 is 0 Å². The molecule has 0 saturated heterocycles. The van der Waals surface area contributed by atoms with Crippen molar-refractivity contribution in [1.29, 1.82) is 0 Å². The topological polar surface area (TPSA) is 84.9 Å². The Morgan fingerprint density at radius 2 is 1.77 bits per heavy atom. The molecule has 0 aliphatic carbocycles. The van der Waals surface area contributed by atoms with Crippen molar-refractivity contribution >= 4 is 21.6 Å². The predicted molar refractivity (Wildman–Crippen MR) is 117 cm³/mol. The standard InChI is InChI=1S/C22H30N2O5S/c1-17(2)29-15-7-14-23-22(25)16-24(20-8-5-6-9-21(20)28-4)30(26,27)19-12-10-18(3)11-13-19/h5-6,8-13,17H,7,14-16H2,1-4H3,(H,23,25). The molecular formula is C22H30N2O5S. The Morgan fingerprint density at radius 3 is 2.40 bits per heavy atom. The van der Waals surface area contributed by atoms with Crippen LogP contribution in [0.1, 0.15) is 25.8 Å². The number of amides is 1. The number of ether oxygens (including phenoxy) is 2. The van der Waals surface area contributed by atoms with E-state index < -0.39 is 15.9 Å². The van der Waals surface area contributed by atoms with Crippen molar-refractivity contribution in [1.82, 2.24) is 5.32 Å². The van der Waals surface area contributed by atoms with Crippen LogP contribution in [-0.4, -0.2) is 47.2 Å². The molecule has 8 heteroatoms. The molecule has 0 saturated carbocycles. The van der Waals surface area contributed by atoms with Crippen molar-refractivity contribution in [3.05, 3.63) is 54.1 Å². The highest BCUT2D eigenvalue weighted by Crippen LogP contribution is 2.32. The smallest absolute Gasteiger partial charge is 0.264 e. The van der Waals surface area contributed by atoms with Crippen LogP contribution >= 0.6 is 0 Å². The predicted octanol–water partition coefficient (Wildman–Crippen LogP) is 3.13. The van der Waals surface area contributed by atoms with Gasteiger partial charge < -0.3 is 14.8 Å². The molecule has 0 spiro atoms. The van der Waals surface area contributed by atoms with Gasteiger partial charge in [-0.05, 0) is 51.5 Å². The average Bonchev–Trinajstić information content (AvgIpc) is 2.71. The zero-order valence-corrected chi connectivity index (χ0v) is 18.7. The van der Waals surface area contributed by atoms with Gasteiger partial charge in [-0.2, -0.15) is 0 Å². The van der Waals surface area contributed by atoms with Crippen LogP contribution in [-0.2, 0) is 19.6 Å². The number of para-hydroxylation sites is 2. The number of anilines is 1. The lowest BCUT2D eigenvalue weighted by molar-refractivity contribution is -0.119. The molecule has 0 fully saturated rings. The van der Waals surface area contributed by atoms with Gasteiger partial charge in [-0.15, -0.1) is 0 Å². The van der Waals surface area contributed by atoms with Gasteiger partial charge in [0.05, 0.1) is 23.8 Å². The number of benzene rings is 2. The molecule has 0 aliphatic heterocycles. The van der Waals surface area contributed by atoms with Crippen LogP contribution < -0.4 is 14.4 Å². The quantitative estimate of drug-likeness (QED) is 0.549. The minimum absolute atomic E-state index is 0.108. The maximum atomic E-state index is 13.4. The number of sulfonamides is 1. The summed E-state index contributed by atoms with van der Waals surface area (Å²) in [7, 11) is -2.51. The lowest BCUT2D eigenvalue weighted by Crippen LogP contribution is -2.41. The van der Waals surface area contributed by atoms with Crippen LogP contribution in [0.15, 0.2) is 53.4 Å². The third-order valence-corrected chi connectivity index (χ3v) is 6.12. The first kappa shape index (κ1) is 23.7. The molecule has 30 heavy (non-hydrogen) atoms. The van der Waals surface area contributed by atoms with Crippen molar-refractivity contribution in [3.8, 4) is 5.75 Å². The molecule has 1 amide bonds. The fourth-order valence-electron chi connectivity index (χ4n) is 2.78. The van der Waals surface area contributed by atoms with Gasteiger partial charge in [0.1, 0.15) is 12.3 Å². The van der Waals surface area contributed by atoms with E-state index in [2.05, 4.69) is 5.32 Å². The molecule has 0 atom stereocenters. The second-order valence-electron chi connectivity index (χ2n) is 7.12. The Kier molecular flexibility index (Phi) is 8.68. The summed E-state index contributed by atoms with van der Waals surface area (Å²) >= 11 is 0. The highest BCUT2D eigenvalue weighted by atomic mass is 32.2. The first-order valence-corrected chi connectivity index (χ1v) is 11.3. The van der Waals surface area contributed by atoms with Gasteiger partial charge in [-0.1, -0.05) is 29.8 Å². The second-order valence-corrected chi connectivity index (χ2v) is 8.98. The van der Waals surface area contributed by atoms with Gasteiger partial charge in [-0.3, -0.25) is 9.10 Å². The molecule has 0 unspecified atom stereocenters. The molecule has 1 N–H and O–H groups in total. The normalized spacial score (nSPS) is 11.4. The number of aryl methyl sites for hydroxylation is 1. The summed E-state index contributed by atoms with van der Waals surface area (Å²) in [5.41, 5.74) is 1.25. The summed E-state index contributed by atoms with van der Waals surface area (Å²) in [6, 6.07) is 13.2. The second kappa shape index (κ2) is 11.0. The van der Waals surface area contributed by atoms with Crippen LogP contribution in [0.5, 0.6) is 5.75 Å². The molecule has 2 aromatic rings. The zero-order chi connectivity index (χ0) is 22.1. The van der Waals surface area contributed by atoms with Crippen LogP contribution in [0.2, 0.25) is 0 Å². The number of nitrogens with one attached hydrogen (secondary N) is 1. The Bertz CT molecular complexity index is 927. The van der Waals surface area contributed by atoms with Gasteiger partial charge >= 0.3 is 0 Å². The number of hydrogen-bond acceptors (Lipinski definition) is 5. The average molecular weight is 435 g/mol. The molecule has 0 aliphatic rings. The van der Waals surface area contributed by atoms with Crippen LogP contribution in [0.25, 0.3) is 0 Å². The molecule has 2 rings (SSSR count). The van der Waals surface area contributed by atoms with Crippen molar-refractivity contribution in [2.45, 2.75) is 38.2 Å². The number of carbonyl (C=O) groups excluding carboxylic acids is 1. The molecule has 0 heterocycles. The summed E-state index contributed by atoms with van der Waals surface area (Å²) in [6.07, 6.45) is 0.768. The van der Waals surface area contributed by atoms with Crippen LogP contribution in [0.4, 0.5) is 5.69 Å². The number of methoxy groups -OCH3 is 1. The van der Waals surface area contributed by atoms with E-state index in [1.165, 1.54) is 19.2 Å². The van der Waals surface area contributed by atoms with E-state index in [4.69, 9.17) is 9.47 Å². The van der Waals surface area contributed by atoms with E-state index in [0.29, 0.717) is 31.0 Å². The number of hydrogen-bond donors (Lipinski definition) is 1. The van der Waals surface area contributed by atoms with Crippen LogP contribution in [0.3, 0.4) is 0 Å². The van der Waals surface area contributed by atoms with E-state index in [1.807, 2.05) is 20.8 Å². The highest BCUT2D eigenvalue weighted by Gasteiger charge is 2.29. The summed E-state index contributed by atoms with van der Waals surface area (Å²) < 4.78 is 38.6. The van der Waals surface area contributed by atoms with Gasteiger partial charge in [-0.25, -0.2) is 8.42 Å².